The first-order chi connectivity index (χ1) is 7.95. The van der Waals surface area contributed by atoms with Gasteiger partial charge < -0.3 is 5.73 Å². The highest BCUT2D eigenvalue weighted by Gasteiger charge is 2.29. The number of nitrogens with zero attached hydrogens (tertiary/aromatic N) is 1. The number of benzene rings is 1. The van der Waals surface area contributed by atoms with Crippen LogP contribution in [-0.4, -0.2) is 20.7 Å². The molecule has 2 rings (SSSR count). The number of aryl methyl sites for hydroxylation is 1. The zero-order valence-corrected chi connectivity index (χ0v) is 11.0. The molecule has 1 aliphatic heterocycles. The van der Waals surface area contributed by atoms with Crippen molar-refractivity contribution >= 4 is 21.4 Å². The molecule has 1 aromatic carbocycles. The van der Waals surface area contributed by atoms with Crippen LogP contribution in [0.25, 0.3) is 0 Å². The van der Waals surface area contributed by atoms with Crippen molar-refractivity contribution in [2.45, 2.75) is 26.7 Å². The van der Waals surface area contributed by atoms with E-state index >= 15 is 0 Å². The standard InChI is InChI=1S/C12H18N2O2S/c1-3-6-17(15,16)14-5-4-10-7-9(2)11(13)8-12(10)14/h7-8H,3-6,13H2,1-2H3. The van der Waals surface area contributed by atoms with Gasteiger partial charge in [-0.25, -0.2) is 8.42 Å². The SMILES string of the molecule is CCCS(=O)(=O)N1CCc2cc(C)c(N)cc21. The summed E-state index contributed by atoms with van der Waals surface area (Å²) in [5.74, 6) is 0.195. The topological polar surface area (TPSA) is 63.4 Å². The maximum atomic E-state index is 12.1. The number of rotatable bonds is 3. The Morgan fingerprint density at radius 1 is 1.41 bits per heavy atom. The summed E-state index contributed by atoms with van der Waals surface area (Å²) < 4.78 is 25.7. The van der Waals surface area contributed by atoms with Crippen molar-refractivity contribution in [2.75, 3.05) is 22.3 Å². The average molecular weight is 254 g/mol. The third-order valence-corrected chi connectivity index (χ3v) is 5.09. The van der Waals surface area contributed by atoms with E-state index in [1.807, 2.05) is 19.9 Å². The molecule has 0 saturated carbocycles. The molecule has 0 saturated heterocycles. The van der Waals surface area contributed by atoms with Gasteiger partial charge in [0.05, 0.1) is 11.4 Å². The number of nitrogens with two attached hydrogens (primary N) is 1. The summed E-state index contributed by atoms with van der Waals surface area (Å²) in [6, 6.07) is 3.77. The Balaban J connectivity index is 2.44. The number of hydrogen-bond acceptors (Lipinski definition) is 3. The molecule has 17 heavy (non-hydrogen) atoms. The monoisotopic (exact) mass is 254 g/mol. The molecule has 94 valence electrons. The van der Waals surface area contributed by atoms with E-state index in [1.54, 1.807) is 6.07 Å². The van der Waals surface area contributed by atoms with Gasteiger partial charge in [0.2, 0.25) is 10.0 Å². The van der Waals surface area contributed by atoms with Gasteiger partial charge in [0.1, 0.15) is 0 Å². The van der Waals surface area contributed by atoms with Crippen LogP contribution in [0, 0.1) is 6.92 Å². The molecule has 0 spiro atoms. The van der Waals surface area contributed by atoms with Gasteiger partial charge in [-0.1, -0.05) is 13.0 Å². The highest BCUT2D eigenvalue weighted by Crippen LogP contribution is 2.34. The number of sulfonamides is 1. The molecular formula is C12H18N2O2S. The number of nitrogen functional groups attached to an aromatic ring is 1. The van der Waals surface area contributed by atoms with E-state index in [4.69, 9.17) is 5.73 Å². The zero-order valence-electron chi connectivity index (χ0n) is 10.2. The van der Waals surface area contributed by atoms with Gasteiger partial charge in [0, 0.05) is 12.2 Å². The van der Waals surface area contributed by atoms with Crippen molar-refractivity contribution < 1.29 is 8.42 Å². The predicted octanol–water partition coefficient (Wildman–Crippen LogP) is 1.68. The summed E-state index contributed by atoms with van der Waals surface area (Å²) in [6.45, 7) is 4.36. The largest absolute Gasteiger partial charge is 0.398 e. The molecule has 0 radical (unpaired) electrons. The minimum Gasteiger partial charge on any atom is -0.398 e. The molecule has 5 heteroatoms. The molecule has 0 aliphatic carbocycles. The van der Waals surface area contributed by atoms with Crippen LogP contribution in [-0.2, 0) is 16.4 Å². The van der Waals surface area contributed by atoms with Crippen molar-refractivity contribution in [3.8, 4) is 0 Å². The first kappa shape index (κ1) is 12.2. The second-order valence-corrected chi connectivity index (χ2v) is 6.49. The summed E-state index contributed by atoms with van der Waals surface area (Å²) in [7, 11) is -3.18. The maximum absolute atomic E-state index is 12.1. The Kier molecular flexibility index (Phi) is 3.03. The molecule has 0 atom stereocenters. The quantitative estimate of drug-likeness (QED) is 0.835. The molecule has 1 aromatic rings. The maximum Gasteiger partial charge on any atom is 0.235 e. The van der Waals surface area contributed by atoms with Crippen molar-refractivity contribution in [1.29, 1.82) is 0 Å². The normalized spacial score (nSPS) is 15.1. The molecule has 1 heterocycles. The number of hydrogen-bond donors (Lipinski definition) is 1. The van der Waals surface area contributed by atoms with E-state index in [9.17, 15) is 8.42 Å². The molecule has 0 bridgehead atoms. The van der Waals surface area contributed by atoms with Crippen LogP contribution in [0.15, 0.2) is 12.1 Å². The third kappa shape index (κ3) is 2.11. The summed E-state index contributed by atoms with van der Waals surface area (Å²) in [5.41, 5.74) is 9.36. The predicted molar refractivity (Wildman–Crippen MR) is 70.7 cm³/mol. The highest BCUT2D eigenvalue weighted by molar-refractivity contribution is 7.92. The minimum atomic E-state index is -3.18. The molecule has 2 N–H and O–H groups in total. The van der Waals surface area contributed by atoms with Gasteiger partial charge in [0.25, 0.3) is 0 Å². The Labute approximate surface area is 102 Å². The number of anilines is 2. The van der Waals surface area contributed by atoms with Crippen LogP contribution in [0.5, 0.6) is 0 Å². The van der Waals surface area contributed by atoms with E-state index in [-0.39, 0.29) is 5.75 Å². The second-order valence-electron chi connectivity index (χ2n) is 4.48. The van der Waals surface area contributed by atoms with Crippen LogP contribution in [0.1, 0.15) is 24.5 Å². The third-order valence-electron chi connectivity index (χ3n) is 3.12. The van der Waals surface area contributed by atoms with E-state index in [1.165, 1.54) is 4.31 Å². The molecule has 0 unspecified atom stereocenters. The zero-order chi connectivity index (χ0) is 12.6. The van der Waals surface area contributed by atoms with Gasteiger partial charge in [-0.3, -0.25) is 4.31 Å². The van der Waals surface area contributed by atoms with Gasteiger partial charge in [-0.2, -0.15) is 0 Å². The molecule has 4 nitrogen and oxygen atoms in total. The Bertz CT molecular complexity index is 538. The fraction of sp³-hybridized carbons (Fsp3) is 0.500. The first-order valence-electron chi connectivity index (χ1n) is 5.85. The van der Waals surface area contributed by atoms with Crippen molar-refractivity contribution in [2.24, 2.45) is 0 Å². The van der Waals surface area contributed by atoms with Crippen LogP contribution < -0.4 is 10.0 Å². The van der Waals surface area contributed by atoms with E-state index in [0.29, 0.717) is 18.7 Å². The van der Waals surface area contributed by atoms with Crippen molar-refractivity contribution in [3.05, 3.63) is 23.3 Å². The molecule has 0 amide bonds. The molecule has 1 aliphatic rings. The van der Waals surface area contributed by atoms with E-state index < -0.39 is 10.0 Å². The summed E-state index contributed by atoms with van der Waals surface area (Å²) in [4.78, 5) is 0. The lowest BCUT2D eigenvalue weighted by Crippen LogP contribution is -2.31. The Hall–Kier alpha value is -1.23. The first-order valence-corrected chi connectivity index (χ1v) is 7.46. The lowest BCUT2D eigenvalue weighted by atomic mass is 10.1. The Morgan fingerprint density at radius 3 is 2.76 bits per heavy atom. The smallest absolute Gasteiger partial charge is 0.235 e. The minimum absolute atomic E-state index is 0.195. The van der Waals surface area contributed by atoms with Crippen LogP contribution >= 0.6 is 0 Å². The van der Waals surface area contributed by atoms with Gasteiger partial charge >= 0.3 is 0 Å². The molecular weight excluding hydrogens is 236 g/mol. The van der Waals surface area contributed by atoms with Crippen LogP contribution in [0.3, 0.4) is 0 Å². The average Bonchev–Trinajstić information content (AvgIpc) is 2.62. The second kappa shape index (κ2) is 4.22. The van der Waals surface area contributed by atoms with Gasteiger partial charge in [0.15, 0.2) is 0 Å². The van der Waals surface area contributed by atoms with Crippen molar-refractivity contribution in [1.82, 2.24) is 0 Å². The summed E-state index contributed by atoms with van der Waals surface area (Å²) in [5, 5.41) is 0. The van der Waals surface area contributed by atoms with Crippen LogP contribution in [0.2, 0.25) is 0 Å². The lowest BCUT2D eigenvalue weighted by Gasteiger charge is -2.19. The van der Waals surface area contributed by atoms with Crippen molar-refractivity contribution in [3.63, 3.8) is 0 Å². The summed E-state index contributed by atoms with van der Waals surface area (Å²) >= 11 is 0. The number of fused-ring (bicyclic) bond motifs is 1. The van der Waals surface area contributed by atoms with E-state index in [2.05, 4.69) is 0 Å². The lowest BCUT2D eigenvalue weighted by molar-refractivity contribution is 0.591. The Morgan fingerprint density at radius 2 is 2.12 bits per heavy atom. The molecule has 0 aromatic heterocycles. The highest BCUT2D eigenvalue weighted by atomic mass is 32.2. The molecule has 0 fully saturated rings. The van der Waals surface area contributed by atoms with Gasteiger partial charge in [-0.15, -0.1) is 0 Å². The summed E-state index contributed by atoms with van der Waals surface area (Å²) in [6.07, 6.45) is 1.41. The van der Waals surface area contributed by atoms with Crippen LogP contribution in [0.4, 0.5) is 11.4 Å². The fourth-order valence-electron chi connectivity index (χ4n) is 2.20. The van der Waals surface area contributed by atoms with E-state index in [0.717, 1.165) is 23.2 Å². The fourth-order valence-corrected chi connectivity index (χ4v) is 3.78. The van der Waals surface area contributed by atoms with Gasteiger partial charge in [-0.05, 0) is 37.0 Å².